The number of aromatic nitrogens is 2. The molecule has 8 nitrogen and oxygen atoms in total. The largest absolute Gasteiger partial charge is 0.382 e. The zero-order valence-corrected chi connectivity index (χ0v) is 19.5. The molecule has 0 aliphatic carbocycles. The highest BCUT2D eigenvalue weighted by molar-refractivity contribution is 6.43. The average molecular weight is 481 g/mol. The van der Waals surface area contributed by atoms with Crippen molar-refractivity contribution in [1.82, 2.24) is 14.9 Å². The molecule has 1 aliphatic heterocycles. The summed E-state index contributed by atoms with van der Waals surface area (Å²) in [7, 11) is 1.75. The molecule has 1 aliphatic rings. The number of guanidine groups is 1. The van der Waals surface area contributed by atoms with Gasteiger partial charge in [0, 0.05) is 44.5 Å². The van der Waals surface area contributed by atoms with E-state index in [2.05, 4.69) is 36.1 Å². The summed E-state index contributed by atoms with van der Waals surface area (Å²) >= 11 is 12.4. The fourth-order valence-corrected chi connectivity index (χ4v) is 4.01. The molecule has 0 atom stereocenters. The molecule has 0 bridgehead atoms. The quantitative estimate of drug-likeness (QED) is 0.428. The molecule has 1 saturated heterocycles. The van der Waals surface area contributed by atoms with Gasteiger partial charge in [-0.3, -0.25) is 4.99 Å². The highest BCUT2D eigenvalue weighted by Gasteiger charge is 2.22. The Balaban J connectivity index is 1.42. The lowest BCUT2D eigenvalue weighted by Gasteiger charge is -2.37. The minimum Gasteiger partial charge on any atom is -0.382 e. The summed E-state index contributed by atoms with van der Waals surface area (Å²) in [4.78, 5) is 17.8. The predicted octanol–water partition coefficient (Wildman–Crippen LogP) is 4.12. The van der Waals surface area contributed by atoms with Crippen molar-refractivity contribution >= 4 is 46.5 Å². The standard InChI is InChI=1S/C23H22Cl2N8/c1-28-23(30-16-7-5-15(13-26)6-8-16)33-11-9-32(10-12-33)19-14-29-21(22(27)31-19)17-3-2-4-18(24)20(17)25/h2-8,14H,9-12H2,1H3,(H2,27,31)(H,28,30). The molecule has 2 heterocycles. The highest BCUT2D eigenvalue weighted by Crippen LogP contribution is 2.35. The zero-order valence-electron chi connectivity index (χ0n) is 18.0. The highest BCUT2D eigenvalue weighted by atomic mass is 35.5. The van der Waals surface area contributed by atoms with Crippen molar-refractivity contribution in [3.8, 4) is 17.3 Å². The van der Waals surface area contributed by atoms with Gasteiger partial charge >= 0.3 is 0 Å². The first kappa shape index (κ1) is 22.6. The Morgan fingerprint density at radius 3 is 2.48 bits per heavy atom. The molecule has 4 rings (SSSR count). The molecule has 3 N–H and O–H groups in total. The van der Waals surface area contributed by atoms with Crippen molar-refractivity contribution in [2.45, 2.75) is 0 Å². The van der Waals surface area contributed by atoms with Crippen molar-refractivity contribution in [2.75, 3.05) is 49.2 Å². The third kappa shape index (κ3) is 4.95. The number of aliphatic imine (C=N–C) groups is 1. The van der Waals surface area contributed by atoms with Crippen LogP contribution in [0.15, 0.2) is 53.7 Å². The van der Waals surface area contributed by atoms with E-state index in [1.165, 1.54) is 0 Å². The summed E-state index contributed by atoms with van der Waals surface area (Å²) in [6.45, 7) is 2.97. The fraction of sp³-hybridized carbons (Fsp3) is 0.217. The monoisotopic (exact) mass is 480 g/mol. The maximum atomic E-state index is 8.96. The molecule has 0 unspecified atom stereocenters. The fourth-order valence-electron chi connectivity index (χ4n) is 3.62. The Hall–Kier alpha value is -3.54. The maximum absolute atomic E-state index is 8.96. The molecule has 1 aromatic heterocycles. The van der Waals surface area contributed by atoms with Crippen LogP contribution >= 0.6 is 23.2 Å². The van der Waals surface area contributed by atoms with Crippen LogP contribution in [0, 0.1) is 11.3 Å². The lowest BCUT2D eigenvalue weighted by molar-refractivity contribution is 0.383. The Kier molecular flexibility index (Phi) is 6.82. The number of nitrogens with one attached hydrogen (secondary N) is 1. The molecule has 0 spiro atoms. The van der Waals surface area contributed by atoms with Crippen molar-refractivity contribution in [3.05, 3.63) is 64.3 Å². The summed E-state index contributed by atoms with van der Waals surface area (Å²) in [5.74, 6) is 1.79. The second-order valence-corrected chi connectivity index (χ2v) is 8.18. The van der Waals surface area contributed by atoms with E-state index in [4.69, 9.17) is 34.2 Å². The Morgan fingerprint density at radius 1 is 1.12 bits per heavy atom. The molecule has 33 heavy (non-hydrogen) atoms. The van der Waals surface area contributed by atoms with Gasteiger partial charge < -0.3 is 20.9 Å². The van der Waals surface area contributed by atoms with Crippen molar-refractivity contribution in [3.63, 3.8) is 0 Å². The summed E-state index contributed by atoms with van der Waals surface area (Å²) in [5, 5.41) is 13.1. The molecule has 0 radical (unpaired) electrons. The van der Waals surface area contributed by atoms with Crippen molar-refractivity contribution in [1.29, 1.82) is 5.26 Å². The third-order valence-electron chi connectivity index (χ3n) is 5.38. The van der Waals surface area contributed by atoms with Crippen LogP contribution in [0.1, 0.15) is 5.56 Å². The van der Waals surface area contributed by atoms with Crippen LogP contribution in [0.5, 0.6) is 0 Å². The van der Waals surface area contributed by atoms with Crippen LogP contribution in [-0.4, -0.2) is 54.1 Å². The molecule has 10 heteroatoms. The lowest BCUT2D eigenvalue weighted by atomic mass is 10.1. The zero-order chi connectivity index (χ0) is 23.4. The number of nitriles is 1. The number of rotatable bonds is 3. The van der Waals surface area contributed by atoms with E-state index in [0.717, 1.165) is 37.8 Å². The molecule has 3 aromatic rings. The van der Waals surface area contributed by atoms with Gasteiger partial charge in [-0.2, -0.15) is 5.26 Å². The number of anilines is 3. The first-order valence-corrected chi connectivity index (χ1v) is 11.1. The normalized spacial score (nSPS) is 14.2. The van der Waals surface area contributed by atoms with E-state index >= 15 is 0 Å². The van der Waals surface area contributed by atoms with Gasteiger partial charge in [0.1, 0.15) is 11.5 Å². The number of nitrogen functional groups attached to an aromatic ring is 1. The third-order valence-corrected chi connectivity index (χ3v) is 6.20. The molecule has 0 amide bonds. The van der Waals surface area contributed by atoms with E-state index in [0.29, 0.717) is 38.5 Å². The van der Waals surface area contributed by atoms with Crippen LogP contribution in [-0.2, 0) is 0 Å². The number of piperazine rings is 1. The Bertz CT molecular complexity index is 1210. The summed E-state index contributed by atoms with van der Waals surface area (Å²) in [6.07, 6.45) is 1.71. The van der Waals surface area contributed by atoms with E-state index in [-0.39, 0.29) is 0 Å². The Morgan fingerprint density at radius 2 is 1.85 bits per heavy atom. The van der Waals surface area contributed by atoms with Gasteiger partial charge in [-0.15, -0.1) is 0 Å². The number of nitrogens with two attached hydrogens (primary N) is 1. The van der Waals surface area contributed by atoms with Crippen molar-refractivity contribution in [2.24, 2.45) is 4.99 Å². The van der Waals surface area contributed by atoms with Crippen LogP contribution in [0.3, 0.4) is 0 Å². The topological polar surface area (TPSA) is 106 Å². The first-order valence-electron chi connectivity index (χ1n) is 10.3. The number of hydrogen-bond acceptors (Lipinski definition) is 6. The van der Waals surface area contributed by atoms with Crippen molar-refractivity contribution < 1.29 is 0 Å². The summed E-state index contributed by atoms with van der Waals surface area (Å²) < 4.78 is 0. The lowest BCUT2D eigenvalue weighted by Crippen LogP contribution is -2.51. The van der Waals surface area contributed by atoms with Gasteiger partial charge in [0.05, 0.1) is 27.9 Å². The minimum absolute atomic E-state index is 0.303. The maximum Gasteiger partial charge on any atom is 0.198 e. The van der Waals surface area contributed by atoms with Gasteiger partial charge in [0.2, 0.25) is 0 Å². The SMILES string of the molecule is CN=C(Nc1ccc(C#N)cc1)N1CCN(c2cnc(-c3cccc(Cl)c3Cl)c(N)n2)CC1. The molecule has 168 valence electrons. The van der Waals surface area contributed by atoms with Gasteiger partial charge in [-0.1, -0.05) is 35.3 Å². The molecular formula is C23H22Cl2N8. The number of hydrogen-bond donors (Lipinski definition) is 2. The Labute approximate surface area is 202 Å². The minimum atomic E-state index is 0.303. The molecule has 1 fully saturated rings. The van der Waals surface area contributed by atoms with Gasteiger partial charge in [-0.05, 0) is 30.3 Å². The molecule has 2 aromatic carbocycles. The van der Waals surface area contributed by atoms with E-state index < -0.39 is 0 Å². The number of halogens is 2. The van der Waals surface area contributed by atoms with Gasteiger partial charge in [-0.25, -0.2) is 9.97 Å². The van der Waals surface area contributed by atoms with E-state index in [1.54, 1.807) is 37.5 Å². The van der Waals surface area contributed by atoms with Gasteiger partial charge in [0.15, 0.2) is 11.8 Å². The van der Waals surface area contributed by atoms with E-state index in [1.807, 2.05) is 18.2 Å². The van der Waals surface area contributed by atoms with E-state index in [9.17, 15) is 0 Å². The average Bonchev–Trinajstić information content (AvgIpc) is 2.85. The number of benzene rings is 2. The number of nitrogens with zero attached hydrogens (tertiary/aromatic N) is 6. The predicted molar refractivity (Wildman–Crippen MR) is 134 cm³/mol. The summed E-state index contributed by atoms with van der Waals surface area (Å²) in [6, 6.07) is 14.7. The van der Waals surface area contributed by atoms with Crippen LogP contribution in [0.2, 0.25) is 10.0 Å². The second-order valence-electron chi connectivity index (χ2n) is 7.40. The van der Waals surface area contributed by atoms with Crippen LogP contribution in [0.4, 0.5) is 17.3 Å². The second kappa shape index (κ2) is 9.94. The van der Waals surface area contributed by atoms with Crippen LogP contribution < -0.4 is 16.0 Å². The molecular weight excluding hydrogens is 459 g/mol. The summed E-state index contributed by atoms with van der Waals surface area (Å²) in [5.41, 5.74) is 8.89. The molecule has 0 saturated carbocycles. The first-order chi connectivity index (χ1) is 16.0. The van der Waals surface area contributed by atoms with Gasteiger partial charge in [0.25, 0.3) is 0 Å². The van der Waals surface area contributed by atoms with Crippen LogP contribution in [0.25, 0.3) is 11.3 Å². The smallest absolute Gasteiger partial charge is 0.198 e.